The third kappa shape index (κ3) is 4.25. The topological polar surface area (TPSA) is 80.6 Å². The number of fused-ring (bicyclic) bond motifs is 1. The van der Waals surface area contributed by atoms with Crippen LogP contribution in [0.25, 0.3) is 0 Å². The molecule has 4 rings (SSSR count). The van der Waals surface area contributed by atoms with Gasteiger partial charge in [-0.2, -0.15) is 0 Å². The van der Waals surface area contributed by atoms with E-state index in [9.17, 15) is 9.59 Å². The largest absolute Gasteiger partial charge is 0.497 e. The molecule has 0 fully saturated rings. The van der Waals surface area contributed by atoms with E-state index >= 15 is 0 Å². The minimum atomic E-state index is -0.398. The summed E-state index contributed by atoms with van der Waals surface area (Å²) in [4.78, 5) is 28.7. The standard InChI is InChI=1S/C22H24N4O3/c1-29-18-9-7-17(8-10-18)13-26-20-19(21(27)24-22(26)28)14-25(15-23-20)12-11-16-5-3-2-4-6-16/h2-10,23H,11-15H2,1H3,(H,24,27,28)/p+1. The summed E-state index contributed by atoms with van der Waals surface area (Å²) in [7, 11) is 1.62. The SMILES string of the molecule is COc1ccc(Cn2c3c(c(=O)[nH]c2=O)C[NH+](CCc2ccccc2)CN3)cc1. The van der Waals surface area contributed by atoms with E-state index in [1.54, 1.807) is 11.7 Å². The summed E-state index contributed by atoms with van der Waals surface area (Å²) >= 11 is 0. The number of quaternary nitrogens is 1. The molecule has 1 atom stereocenters. The fraction of sp³-hybridized carbons (Fsp3) is 0.273. The highest BCUT2D eigenvalue weighted by molar-refractivity contribution is 5.44. The van der Waals surface area contributed by atoms with Crippen LogP contribution in [0.2, 0.25) is 0 Å². The number of H-pyrrole nitrogens is 1. The van der Waals surface area contributed by atoms with Crippen molar-refractivity contribution in [2.75, 3.05) is 25.6 Å². The minimum absolute atomic E-state index is 0.305. The lowest BCUT2D eigenvalue weighted by atomic mass is 10.1. The van der Waals surface area contributed by atoms with E-state index in [1.807, 2.05) is 42.5 Å². The molecular weight excluding hydrogens is 368 g/mol. The Morgan fingerprint density at radius 1 is 1.03 bits per heavy atom. The van der Waals surface area contributed by atoms with Crippen LogP contribution in [0.3, 0.4) is 0 Å². The van der Waals surface area contributed by atoms with Crippen molar-refractivity contribution in [2.45, 2.75) is 19.5 Å². The number of hydrogen-bond donors (Lipinski definition) is 3. The molecule has 3 N–H and O–H groups in total. The van der Waals surface area contributed by atoms with Crippen LogP contribution in [-0.4, -0.2) is 29.9 Å². The van der Waals surface area contributed by atoms with Gasteiger partial charge in [0, 0.05) is 6.42 Å². The molecule has 0 bridgehead atoms. The highest BCUT2D eigenvalue weighted by Gasteiger charge is 2.25. The Hall–Kier alpha value is -3.32. The third-order valence-corrected chi connectivity index (χ3v) is 5.34. The van der Waals surface area contributed by atoms with Crippen molar-refractivity contribution in [2.24, 2.45) is 0 Å². The summed E-state index contributed by atoms with van der Waals surface area (Å²) < 4.78 is 6.79. The fourth-order valence-corrected chi connectivity index (χ4v) is 3.71. The normalized spacial score (nSPS) is 15.4. The minimum Gasteiger partial charge on any atom is -0.497 e. The van der Waals surface area contributed by atoms with Crippen LogP contribution in [0.1, 0.15) is 16.7 Å². The molecule has 3 aromatic rings. The Kier molecular flexibility index (Phi) is 5.48. The number of ether oxygens (including phenoxy) is 1. The summed E-state index contributed by atoms with van der Waals surface area (Å²) in [5.41, 5.74) is 2.17. The lowest BCUT2D eigenvalue weighted by Crippen LogP contribution is -3.13. The van der Waals surface area contributed by atoms with Gasteiger partial charge in [0.1, 0.15) is 23.7 Å². The van der Waals surface area contributed by atoms with Crippen LogP contribution in [0.15, 0.2) is 64.2 Å². The number of rotatable bonds is 6. The number of anilines is 1. The first-order chi connectivity index (χ1) is 14.1. The molecule has 0 aliphatic carbocycles. The zero-order valence-electron chi connectivity index (χ0n) is 16.4. The van der Waals surface area contributed by atoms with Crippen molar-refractivity contribution >= 4 is 5.82 Å². The van der Waals surface area contributed by atoms with Gasteiger partial charge in [0.15, 0.2) is 6.67 Å². The van der Waals surface area contributed by atoms with Crippen LogP contribution in [-0.2, 0) is 19.5 Å². The Labute approximate surface area is 168 Å². The number of methoxy groups -OCH3 is 1. The second kappa shape index (κ2) is 8.36. The molecule has 1 aliphatic rings. The third-order valence-electron chi connectivity index (χ3n) is 5.34. The van der Waals surface area contributed by atoms with E-state index in [0.717, 1.165) is 24.3 Å². The van der Waals surface area contributed by atoms with Crippen LogP contribution in [0.5, 0.6) is 5.75 Å². The van der Waals surface area contributed by atoms with E-state index in [4.69, 9.17) is 4.74 Å². The molecule has 0 saturated heterocycles. The first-order valence-corrected chi connectivity index (χ1v) is 9.74. The van der Waals surface area contributed by atoms with Crippen molar-refractivity contribution in [1.82, 2.24) is 9.55 Å². The summed E-state index contributed by atoms with van der Waals surface area (Å²) in [6.45, 7) is 2.56. The molecule has 0 amide bonds. The number of nitrogens with one attached hydrogen (secondary N) is 3. The van der Waals surface area contributed by atoms with Gasteiger partial charge in [0.05, 0.1) is 20.2 Å². The van der Waals surface area contributed by atoms with Crippen molar-refractivity contribution in [3.63, 3.8) is 0 Å². The molecule has 2 heterocycles. The monoisotopic (exact) mass is 393 g/mol. The van der Waals surface area contributed by atoms with Gasteiger partial charge in [-0.15, -0.1) is 0 Å². The van der Waals surface area contributed by atoms with E-state index in [-0.39, 0.29) is 5.56 Å². The van der Waals surface area contributed by atoms with Crippen LogP contribution >= 0.6 is 0 Å². The maximum atomic E-state index is 12.5. The molecule has 7 nitrogen and oxygen atoms in total. The smallest absolute Gasteiger partial charge is 0.330 e. The highest BCUT2D eigenvalue weighted by Crippen LogP contribution is 2.15. The maximum Gasteiger partial charge on any atom is 0.330 e. The van der Waals surface area contributed by atoms with Crippen LogP contribution < -0.4 is 26.2 Å². The first kappa shape index (κ1) is 19.0. The Morgan fingerprint density at radius 3 is 2.52 bits per heavy atom. The molecule has 0 saturated carbocycles. The van der Waals surface area contributed by atoms with Gasteiger partial charge in [0.25, 0.3) is 5.56 Å². The molecular formula is C22H25N4O3+. The molecule has 29 heavy (non-hydrogen) atoms. The van der Waals surface area contributed by atoms with Gasteiger partial charge in [-0.3, -0.25) is 14.3 Å². The number of nitrogens with zero attached hydrogens (tertiary/aromatic N) is 1. The summed E-state index contributed by atoms with van der Waals surface area (Å²) in [5, 5.41) is 3.32. The van der Waals surface area contributed by atoms with Crippen molar-refractivity contribution < 1.29 is 9.64 Å². The van der Waals surface area contributed by atoms with E-state index in [1.165, 1.54) is 10.5 Å². The van der Waals surface area contributed by atoms with Gasteiger partial charge in [0.2, 0.25) is 0 Å². The van der Waals surface area contributed by atoms with Gasteiger partial charge >= 0.3 is 5.69 Å². The van der Waals surface area contributed by atoms with Gasteiger partial charge < -0.3 is 15.0 Å². The molecule has 2 aromatic carbocycles. The molecule has 1 aromatic heterocycles. The molecule has 7 heteroatoms. The number of aromatic amines is 1. The van der Waals surface area contributed by atoms with E-state index in [0.29, 0.717) is 31.1 Å². The van der Waals surface area contributed by atoms with Gasteiger partial charge in [-0.05, 0) is 23.3 Å². The maximum absolute atomic E-state index is 12.5. The van der Waals surface area contributed by atoms with Crippen molar-refractivity contribution in [1.29, 1.82) is 0 Å². The Morgan fingerprint density at radius 2 is 1.79 bits per heavy atom. The second-order valence-electron chi connectivity index (χ2n) is 7.29. The average molecular weight is 393 g/mol. The first-order valence-electron chi connectivity index (χ1n) is 9.74. The number of hydrogen-bond acceptors (Lipinski definition) is 4. The molecule has 0 radical (unpaired) electrons. The second-order valence-corrected chi connectivity index (χ2v) is 7.29. The van der Waals surface area contributed by atoms with Gasteiger partial charge in [-0.1, -0.05) is 42.5 Å². The van der Waals surface area contributed by atoms with Crippen LogP contribution in [0, 0.1) is 0 Å². The average Bonchev–Trinajstić information content (AvgIpc) is 2.76. The summed E-state index contributed by atoms with van der Waals surface area (Å²) in [6, 6.07) is 17.9. The van der Waals surface area contributed by atoms with Crippen LogP contribution in [0.4, 0.5) is 5.82 Å². The quantitative estimate of drug-likeness (QED) is 0.573. The lowest BCUT2D eigenvalue weighted by Gasteiger charge is -2.28. The lowest BCUT2D eigenvalue weighted by molar-refractivity contribution is -0.912. The highest BCUT2D eigenvalue weighted by atomic mass is 16.5. The van der Waals surface area contributed by atoms with Crippen molar-refractivity contribution in [3.8, 4) is 5.75 Å². The molecule has 1 unspecified atom stereocenters. The molecule has 1 aliphatic heterocycles. The number of aromatic nitrogens is 2. The van der Waals surface area contributed by atoms with Crippen molar-refractivity contribution in [3.05, 3.63) is 92.1 Å². The molecule has 150 valence electrons. The van der Waals surface area contributed by atoms with E-state index in [2.05, 4.69) is 22.4 Å². The molecule has 0 spiro atoms. The van der Waals surface area contributed by atoms with Gasteiger partial charge in [-0.25, -0.2) is 4.79 Å². The Bertz CT molecular complexity index is 1090. The summed E-state index contributed by atoms with van der Waals surface area (Å²) in [6.07, 6.45) is 0.941. The zero-order valence-corrected chi connectivity index (χ0v) is 16.4. The van der Waals surface area contributed by atoms with E-state index < -0.39 is 5.69 Å². The summed E-state index contributed by atoms with van der Waals surface area (Å²) in [5.74, 6) is 1.39. The Balaban J connectivity index is 1.54. The predicted molar refractivity (Wildman–Crippen MR) is 112 cm³/mol. The number of benzene rings is 2. The zero-order chi connectivity index (χ0) is 20.2. The predicted octanol–water partition coefficient (Wildman–Crippen LogP) is 0.604. The fourth-order valence-electron chi connectivity index (χ4n) is 3.71.